The summed E-state index contributed by atoms with van der Waals surface area (Å²) in [6, 6.07) is 7.67. The third kappa shape index (κ3) is 4.51. The van der Waals surface area contributed by atoms with Gasteiger partial charge in [0.25, 0.3) is 11.8 Å². The molecule has 1 atom stereocenters. The number of halogens is 3. The summed E-state index contributed by atoms with van der Waals surface area (Å²) < 4.78 is 45.0. The maximum atomic E-state index is 13.4. The van der Waals surface area contributed by atoms with Crippen molar-refractivity contribution in [1.82, 2.24) is 10.8 Å². The van der Waals surface area contributed by atoms with Gasteiger partial charge in [-0.15, -0.1) is 0 Å². The lowest BCUT2D eigenvalue weighted by Gasteiger charge is -2.22. The van der Waals surface area contributed by atoms with E-state index < -0.39 is 24.0 Å². The Bertz CT molecular complexity index is 774. The number of alkyl halides is 3. The summed E-state index contributed by atoms with van der Waals surface area (Å²) in [6.45, 7) is 0. The average Bonchev–Trinajstić information content (AvgIpc) is 2.64. The summed E-state index contributed by atoms with van der Waals surface area (Å²) in [7, 11) is 1.43. The van der Waals surface area contributed by atoms with Gasteiger partial charge in [0.2, 0.25) is 0 Å². The number of hydrogen-bond acceptors (Lipinski definition) is 4. The van der Waals surface area contributed by atoms with Crippen LogP contribution in [0, 0.1) is 0 Å². The first-order chi connectivity index (χ1) is 12.3. The lowest BCUT2D eigenvalue weighted by Crippen LogP contribution is -2.38. The van der Waals surface area contributed by atoms with Crippen LogP contribution >= 0.6 is 0 Å². The van der Waals surface area contributed by atoms with Crippen molar-refractivity contribution in [2.24, 2.45) is 0 Å². The second-order valence-corrected chi connectivity index (χ2v) is 5.24. The van der Waals surface area contributed by atoms with Gasteiger partial charge in [0.1, 0.15) is 5.75 Å². The summed E-state index contributed by atoms with van der Waals surface area (Å²) in [5.41, 5.74) is 1.14. The normalized spacial score (nSPS) is 12.2. The molecule has 0 aliphatic heterocycles. The molecule has 0 unspecified atom stereocenters. The minimum absolute atomic E-state index is 0.0290. The van der Waals surface area contributed by atoms with Crippen molar-refractivity contribution in [2.45, 2.75) is 12.2 Å². The van der Waals surface area contributed by atoms with Gasteiger partial charge in [0.15, 0.2) is 6.04 Å². The number of nitrogens with one attached hydrogen (secondary N) is 2. The lowest BCUT2D eigenvalue weighted by atomic mass is 10.0. The fourth-order valence-electron chi connectivity index (χ4n) is 2.20. The third-order valence-corrected chi connectivity index (χ3v) is 3.56. The maximum Gasteiger partial charge on any atom is 0.412 e. The van der Waals surface area contributed by atoms with Gasteiger partial charge in [-0.3, -0.25) is 14.8 Å². The Morgan fingerprint density at radius 2 is 1.46 bits per heavy atom. The molecule has 0 aromatic heterocycles. The zero-order valence-electron chi connectivity index (χ0n) is 13.5. The molecule has 0 aliphatic rings. The highest BCUT2D eigenvalue weighted by Crippen LogP contribution is 2.33. The topological polar surface area (TPSA) is 87.7 Å². The number of hydroxylamine groups is 1. The van der Waals surface area contributed by atoms with E-state index in [9.17, 15) is 22.8 Å². The summed E-state index contributed by atoms with van der Waals surface area (Å²) in [4.78, 5) is 23.4. The van der Waals surface area contributed by atoms with Crippen LogP contribution in [0.25, 0.3) is 0 Å². The van der Waals surface area contributed by atoms with Crippen LogP contribution in [0.3, 0.4) is 0 Å². The zero-order valence-corrected chi connectivity index (χ0v) is 13.5. The van der Waals surface area contributed by atoms with E-state index in [1.165, 1.54) is 36.9 Å². The average molecular weight is 368 g/mol. The fraction of sp³-hybridized carbons (Fsp3) is 0.176. The number of carbonyl (C=O) groups is 2. The van der Waals surface area contributed by atoms with Crippen LogP contribution in [-0.4, -0.2) is 30.3 Å². The molecule has 0 fully saturated rings. The number of hydrogen-bond donors (Lipinski definition) is 3. The van der Waals surface area contributed by atoms with Crippen molar-refractivity contribution < 1.29 is 32.7 Å². The molecular formula is C17H15F3N2O4. The first-order valence-corrected chi connectivity index (χ1v) is 7.32. The van der Waals surface area contributed by atoms with Crippen molar-refractivity contribution in [3.8, 4) is 5.75 Å². The molecule has 0 heterocycles. The molecule has 0 spiro atoms. The molecule has 0 saturated heterocycles. The Balaban J connectivity index is 2.24. The van der Waals surface area contributed by atoms with Crippen LogP contribution in [0.2, 0.25) is 0 Å². The van der Waals surface area contributed by atoms with Crippen LogP contribution < -0.4 is 15.5 Å². The van der Waals surface area contributed by atoms with Gasteiger partial charge in [0.05, 0.1) is 7.11 Å². The molecule has 138 valence electrons. The van der Waals surface area contributed by atoms with E-state index in [0.717, 1.165) is 24.3 Å². The summed E-state index contributed by atoms with van der Waals surface area (Å²) in [5, 5.41) is 10.5. The van der Waals surface area contributed by atoms with Gasteiger partial charge in [-0.2, -0.15) is 13.2 Å². The first-order valence-electron chi connectivity index (χ1n) is 7.32. The van der Waals surface area contributed by atoms with Crippen LogP contribution in [0.15, 0.2) is 48.5 Å². The molecule has 2 amide bonds. The first kappa shape index (κ1) is 19.3. The largest absolute Gasteiger partial charge is 0.497 e. The number of methoxy groups -OCH3 is 1. The van der Waals surface area contributed by atoms with E-state index in [0.29, 0.717) is 5.75 Å². The Morgan fingerprint density at radius 1 is 0.962 bits per heavy atom. The predicted molar refractivity (Wildman–Crippen MR) is 85.0 cm³/mol. The number of benzene rings is 2. The Labute approximate surface area is 146 Å². The molecule has 0 radical (unpaired) electrons. The fourth-order valence-corrected chi connectivity index (χ4v) is 2.20. The van der Waals surface area contributed by atoms with Gasteiger partial charge in [0, 0.05) is 11.1 Å². The number of carbonyl (C=O) groups excluding carboxylic acids is 2. The Kier molecular flexibility index (Phi) is 5.83. The Hall–Kier alpha value is -3.07. The number of rotatable bonds is 5. The molecule has 9 heteroatoms. The molecule has 3 N–H and O–H groups in total. The van der Waals surface area contributed by atoms with Crippen molar-refractivity contribution in [3.63, 3.8) is 0 Å². The molecule has 2 aromatic rings. The highest BCUT2D eigenvalue weighted by Gasteiger charge is 2.42. The molecule has 0 bridgehead atoms. The van der Waals surface area contributed by atoms with Gasteiger partial charge in [-0.05, 0) is 42.0 Å². The van der Waals surface area contributed by atoms with Gasteiger partial charge >= 0.3 is 6.18 Å². The molecule has 0 aliphatic carbocycles. The lowest BCUT2D eigenvalue weighted by molar-refractivity contribution is -0.155. The highest BCUT2D eigenvalue weighted by molar-refractivity contribution is 5.95. The zero-order chi connectivity index (χ0) is 19.3. The van der Waals surface area contributed by atoms with E-state index >= 15 is 0 Å². The molecule has 0 saturated carbocycles. The molecule has 6 nitrogen and oxygen atoms in total. The van der Waals surface area contributed by atoms with Crippen LogP contribution in [-0.2, 0) is 0 Å². The van der Waals surface area contributed by atoms with Gasteiger partial charge in [-0.25, -0.2) is 5.48 Å². The highest BCUT2D eigenvalue weighted by atomic mass is 19.4. The minimum Gasteiger partial charge on any atom is -0.497 e. The van der Waals surface area contributed by atoms with Crippen molar-refractivity contribution >= 4 is 11.8 Å². The quantitative estimate of drug-likeness (QED) is 0.559. The second kappa shape index (κ2) is 7.87. The van der Waals surface area contributed by atoms with Crippen LogP contribution in [0.4, 0.5) is 13.2 Å². The predicted octanol–water partition coefficient (Wildman–Crippen LogP) is 2.85. The number of amides is 2. The Morgan fingerprint density at radius 3 is 1.92 bits per heavy atom. The van der Waals surface area contributed by atoms with E-state index in [4.69, 9.17) is 9.94 Å². The van der Waals surface area contributed by atoms with Gasteiger partial charge < -0.3 is 10.1 Å². The molecule has 2 aromatic carbocycles. The van der Waals surface area contributed by atoms with E-state index in [1.54, 1.807) is 0 Å². The molecule has 2 rings (SSSR count). The van der Waals surface area contributed by atoms with Gasteiger partial charge in [-0.1, -0.05) is 12.1 Å². The standard InChI is InChI=1S/C17H15F3N2O4/c1-26-13-8-6-11(7-9-13)15(23)21-14(17(18,19)20)10-2-4-12(5-3-10)16(24)22-25/h2-9,14,25H,1H3,(H,21,23)(H,22,24)/t14-/m0/s1. The summed E-state index contributed by atoms with van der Waals surface area (Å²) >= 11 is 0. The second-order valence-electron chi connectivity index (χ2n) is 5.24. The number of ether oxygens (including phenoxy) is 1. The van der Waals surface area contributed by atoms with Crippen molar-refractivity contribution in [3.05, 3.63) is 65.2 Å². The van der Waals surface area contributed by atoms with E-state index in [-0.39, 0.29) is 16.7 Å². The summed E-state index contributed by atoms with van der Waals surface area (Å²) in [5.74, 6) is -1.30. The van der Waals surface area contributed by atoms with Crippen molar-refractivity contribution in [1.29, 1.82) is 0 Å². The van der Waals surface area contributed by atoms with Crippen molar-refractivity contribution in [2.75, 3.05) is 7.11 Å². The molecular weight excluding hydrogens is 353 g/mol. The van der Waals surface area contributed by atoms with E-state index in [1.807, 2.05) is 5.32 Å². The SMILES string of the molecule is COc1ccc(C(=O)N[C@@H](c2ccc(C(=O)NO)cc2)C(F)(F)F)cc1. The minimum atomic E-state index is -4.75. The van der Waals surface area contributed by atoms with Crippen LogP contribution in [0.1, 0.15) is 32.3 Å². The maximum absolute atomic E-state index is 13.4. The smallest absolute Gasteiger partial charge is 0.412 e. The monoisotopic (exact) mass is 368 g/mol. The van der Waals surface area contributed by atoms with Crippen LogP contribution in [0.5, 0.6) is 5.75 Å². The summed E-state index contributed by atoms with van der Waals surface area (Å²) in [6.07, 6.45) is -4.75. The van der Waals surface area contributed by atoms with E-state index in [2.05, 4.69) is 0 Å². The molecule has 26 heavy (non-hydrogen) atoms. The third-order valence-electron chi connectivity index (χ3n) is 3.56.